The van der Waals surface area contributed by atoms with E-state index in [1.165, 1.54) is 6.54 Å². The summed E-state index contributed by atoms with van der Waals surface area (Å²) in [6.07, 6.45) is 0. The van der Waals surface area contributed by atoms with Crippen LogP contribution in [0.4, 0.5) is 0 Å². The van der Waals surface area contributed by atoms with Crippen molar-refractivity contribution < 1.29 is 0 Å². The number of likely N-dealkylation sites (tertiary alicyclic amines) is 1. The van der Waals surface area contributed by atoms with Crippen molar-refractivity contribution in [1.29, 1.82) is 0 Å². The summed E-state index contributed by atoms with van der Waals surface area (Å²) in [6, 6.07) is 0.714. The lowest BCUT2D eigenvalue weighted by Gasteiger charge is -2.45. The number of nitrogens with two attached hydrogens (primary N) is 1. The van der Waals surface area contributed by atoms with Crippen LogP contribution in [0.1, 0.15) is 41.5 Å². The zero-order valence-electron chi connectivity index (χ0n) is 11.7. The van der Waals surface area contributed by atoms with Crippen molar-refractivity contribution in [3.63, 3.8) is 0 Å². The number of nitrogens with zero attached hydrogens (tertiary/aromatic N) is 1. The Balaban J connectivity index is 2.20. The predicted octanol–water partition coefficient (Wildman–Crippen LogP) is 2.34. The molecule has 1 aliphatic carbocycles. The van der Waals surface area contributed by atoms with Crippen molar-refractivity contribution in [2.24, 2.45) is 28.9 Å². The van der Waals surface area contributed by atoms with E-state index >= 15 is 0 Å². The molecule has 2 fully saturated rings. The van der Waals surface area contributed by atoms with E-state index in [-0.39, 0.29) is 0 Å². The smallest absolute Gasteiger partial charge is 0.0184 e. The monoisotopic (exact) mass is 224 g/mol. The zero-order valence-corrected chi connectivity index (χ0v) is 11.7. The molecule has 2 aliphatic rings. The molecule has 1 heterocycles. The molecule has 2 rings (SSSR count). The summed E-state index contributed by atoms with van der Waals surface area (Å²) in [7, 11) is 0. The molecule has 0 bridgehead atoms. The lowest BCUT2D eigenvalue weighted by atomic mass is 9.81. The van der Waals surface area contributed by atoms with Gasteiger partial charge in [-0.1, -0.05) is 20.8 Å². The van der Waals surface area contributed by atoms with Gasteiger partial charge in [-0.05, 0) is 50.5 Å². The van der Waals surface area contributed by atoms with Crippen LogP contribution >= 0.6 is 0 Å². The molecule has 1 saturated carbocycles. The minimum absolute atomic E-state index is 0.296. The van der Waals surface area contributed by atoms with E-state index in [4.69, 9.17) is 5.73 Å². The number of piperidine rings is 1. The highest BCUT2D eigenvalue weighted by atomic mass is 15.3. The van der Waals surface area contributed by atoms with Crippen LogP contribution in [0.25, 0.3) is 0 Å². The van der Waals surface area contributed by atoms with Crippen molar-refractivity contribution in [2.75, 3.05) is 13.1 Å². The lowest BCUT2D eigenvalue weighted by Crippen LogP contribution is -2.52. The molecule has 1 aliphatic heterocycles. The maximum Gasteiger partial charge on any atom is 0.0184 e. The molecule has 16 heavy (non-hydrogen) atoms. The van der Waals surface area contributed by atoms with Crippen LogP contribution in [0.5, 0.6) is 0 Å². The minimum atomic E-state index is 0.296. The Bertz CT molecular complexity index is 271. The number of fused-ring (bicyclic) bond motifs is 1. The normalized spacial score (nSPS) is 39.9. The fourth-order valence-corrected chi connectivity index (χ4v) is 3.82. The Hall–Kier alpha value is -0.0800. The summed E-state index contributed by atoms with van der Waals surface area (Å²) < 4.78 is 0. The van der Waals surface area contributed by atoms with Crippen LogP contribution < -0.4 is 5.73 Å². The van der Waals surface area contributed by atoms with Gasteiger partial charge in [-0.3, -0.25) is 4.90 Å². The Morgan fingerprint density at radius 1 is 1.12 bits per heavy atom. The van der Waals surface area contributed by atoms with Crippen LogP contribution in [0.15, 0.2) is 0 Å². The van der Waals surface area contributed by atoms with Crippen molar-refractivity contribution in [1.82, 2.24) is 4.90 Å². The Labute approximate surface area is 101 Å². The fourth-order valence-electron chi connectivity index (χ4n) is 3.82. The maximum absolute atomic E-state index is 5.87. The molecule has 0 aromatic rings. The highest BCUT2D eigenvalue weighted by Gasteiger charge is 2.64. The van der Waals surface area contributed by atoms with Gasteiger partial charge in [0.2, 0.25) is 0 Å². The largest absolute Gasteiger partial charge is 0.330 e. The van der Waals surface area contributed by atoms with Crippen LogP contribution in [0.3, 0.4) is 0 Å². The van der Waals surface area contributed by atoms with E-state index in [1.807, 2.05) is 0 Å². The number of hydrogen-bond donors (Lipinski definition) is 1. The van der Waals surface area contributed by atoms with E-state index in [1.54, 1.807) is 0 Å². The number of rotatable bonds is 1. The van der Waals surface area contributed by atoms with E-state index < -0.39 is 0 Å². The average molecular weight is 224 g/mol. The first-order chi connectivity index (χ1) is 7.18. The second-order valence-corrected chi connectivity index (χ2v) is 7.77. The van der Waals surface area contributed by atoms with E-state index in [9.17, 15) is 0 Å². The van der Waals surface area contributed by atoms with E-state index in [0.29, 0.717) is 17.0 Å². The maximum atomic E-state index is 5.87. The molecular weight excluding hydrogens is 196 g/mol. The lowest BCUT2D eigenvalue weighted by molar-refractivity contribution is 0.0304. The minimum Gasteiger partial charge on any atom is -0.330 e. The summed E-state index contributed by atoms with van der Waals surface area (Å²) in [5.74, 6) is 2.56. The summed E-state index contributed by atoms with van der Waals surface area (Å²) in [5.41, 5.74) is 6.53. The van der Waals surface area contributed by atoms with Crippen molar-refractivity contribution in [3.05, 3.63) is 0 Å². The first-order valence-corrected chi connectivity index (χ1v) is 6.64. The second-order valence-electron chi connectivity index (χ2n) is 7.77. The van der Waals surface area contributed by atoms with Crippen molar-refractivity contribution >= 4 is 0 Å². The Morgan fingerprint density at radius 3 is 2.06 bits per heavy atom. The molecule has 0 aromatic carbocycles. The second kappa shape index (κ2) is 3.46. The molecule has 0 amide bonds. The van der Waals surface area contributed by atoms with Gasteiger partial charge >= 0.3 is 0 Å². The molecule has 94 valence electrons. The molecule has 2 nitrogen and oxygen atoms in total. The van der Waals surface area contributed by atoms with Gasteiger partial charge in [0.15, 0.2) is 0 Å². The van der Waals surface area contributed by atoms with Crippen LogP contribution in [-0.4, -0.2) is 29.6 Å². The third-order valence-electron chi connectivity index (χ3n) is 4.53. The first kappa shape index (κ1) is 12.4. The Kier molecular flexibility index (Phi) is 2.67. The molecule has 4 atom stereocenters. The highest BCUT2D eigenvalue weighted by molar-refractivity contribution is 5.15. The van der Waals surface area contributed by atoms with Crippen LogP contribution in [0, 0.1) is 23.2 Å². The molecule has 2 N–H and O–H groups in total. The van der Waals surface area contributed by atoms with Gasteiger partial charge in [-0.2, -0.15) is 0 Å². The predicted molar refractivity (Wildman–Crippen MR) is 69.2 cm³/mol. The fraction of sp³-hybridized carbons (Fsp3) is 1.00. The topological polar surface area (TPSA) is 29.3 Å². The van der Waals surface area contributed by atoms with E-state index in [2.05, 4.69) is 46.4 Å². The van der Waals surface area contributed by atoms with Gasteiger partial charge in [0, 0.05) is 18.1 Å². The van der Waals surface area contributed by atoms with Crippen molar-refractivity contribution in [3.8, 4) is 0 Å². The molecule has 0 aromatic heterocycles. The summed E-state index contributed by atoms with van der Waals surface area (Å²) in [5, 5.41) is 0. The third-order valence-corrected chi connectivity index (χ3v) is 4.53. The van der Waals surface area contributed by atoms with E-state index in [0.717, 1.165) is 24.3 Å². The van der Waals surface area contributed by atoms with Gasteiger partial charge in [0.05, 0.1) is 0 Å². The molecule has 2 heteroatoms. The third kappa shape index (κ3) is 1.80. The zero-order chi connectivity index (χ0) is 12.3. The average Bonchev–Trinajstić information content (AvgIpc) is 2.57. The van der Waals surface area contributed by atoms with Gasteiger partial charge in [0.25, 0.3) is 0 Å². The summed E-state index contributed by atoms with van der Waals surface area (Å²) in [6.45, 7) is 16.3. The summed E-state index contributed by atoms with van der Waals surface area (Å²) >= 11 is 0. The van der Waals surface area contributed by atoms with Gasteiger partial charge in [-0.25, -0.2) is 0 Å². The highest BCUT2D eigenvalue weighted by Crippen LogP contribution is 2.60. The summed E-state index contributed by atoms with van der Waals surface area (Å²) in [4.78, 5) is 2.72. The standard InChI is InChI=1S/C14H28N2/c1-13(2,3)12-11-9(7-15)10(11)8-16(12)14(4,5)6/h9-12H,7-8,15H2,1-6H3/t9-,10-,11+,12-/m0/s1. The number of hydrogen-bond acceptors (Lipinski definition) is 2. The molecule has 0 unspecified atom stereocenters. The molecular formula is C14H28N2. The van der Waals surface area contributed by atoms with Crippen molar-refractivity contribution in [2.45, 2.75) is 53.1 Å². The molecule has 0 spiro atoms. The molecule has 0 radical (unpaired) electrons. The SMILES string of the molecule is CC(C)(C)[C@@H]1[C@@H]2[C@@H](CN)[C@@H]2CN1C(C)(C)C. The van der Waals surface area contributed by atoms with Gasteiger partial charge in [0.1, 0.15) is 0 Å². The van der Waals surface area contributed by atoms with Crippen LogP contribution in [0.2, 0.25) is 0 Å². The first-order valence-electron chi connectivity index (χ1n) is 6.64. The van der Waals surface area contributed by atoms with Gasteiger partial charge in [-0.15, -0.1) is 0 Å². The van der Waals surface area contributed by atoms with Gasteiger partial charge < -0.3 is 5.73 Å². The molecule has 1 saturated heterocycles. The van der Waals surface area contributed by atoms with Crippen LogP contribution in [-0.2, 0) is 0 Å². The quantitative estimate of drug-likeness (QED) is 0.741. The Morgan fingerprint density at radius 2 is 1.69 bits per heavy atom.